The van der Waals surface area contributed by atoms with Crippen LogP contribution in [0, 0.1) is 11.7 Å². The van der Waals surface area contributed by atoms with Gasteiger partial charge in [-0.3, -0.25) is 0 Å². The first-order valence-electron chi connectivity index (χ1n) is 7.19. The molecule has 6 heteroatoms. The van der Waals surface area contributed by atoms with Gasteiger partial charge in [-0.1, -0.05) is 12.5 Å². The number of thioether (sulfide) groups is 1. The first-order chi connectivity index (χ1) is 9.86. The fraction of sp³-hybridized carbons (Fsp3) is 0.600. The Hall–Kier alpha value is -0.590. The average Bonchev–Trinajstić information content (AvgIpc) is 2.44. The predicted octanol–water partition coefficient (Wildman–Crippen LogP) is 2.85. The van der Waals surface area contributed by atoms with Crippen LogP contribution in [0.1, 0.15) is 25.7 Å². The molecular formula is C15H22FNO2S2. The predicted molar refractivity (Wildman–Crippen MR) is 85.7 cm³/mol. The topological polar surface area (TPSA) is 60.2 Å². The molecule has 0 spiro atoms. The van der Waals surface area contributed by atoms with Crippen molar-refractivity contribution >= 4 is 21.6 Å². The minimum Gasteiger partial charge on any atom is -0.327 e. The second-order valence-electron chi connectivity index (χ2n) is 5.81. The highest BCUT2D eigenvalue weighted by molar-refractivity contribution is 7.99. The van der Waals surface area contributed by atoms with Crippen LogP contribution < -0.4 is 5.73 Å². The van der Waals surface area contributed by atoms with E-state index in [-0.39, 0.29) is 23.0 Å². The number of hydrogen-bond donors (Lipinski definition) is 1. The van der Waals surface area contributed by atoms with Crippen molar-refractivity contribution in [1.82, 2.24) is 0 Å². The number of rotatable bonds is 5. The van der Waals surface area contributed by atoms with Crippen LogP contribution in [0.2, 0.25) is 0 Å². The molecule has 1 aliphatic carbocycles. The van der Waals surface area contributed by atoms with Gasteiger partial charge in [-0.25, -0.2) is 12.8 Å². The van der Waals surface area contributed by atoms with Crippen LogP contribution in [0.3, 0.4) is 0 Å². The largest absolute Gasteiger partial charge is 0.327 e. The van der Waals surface area contributed by atoms with E-state index < -0.39 is 9.84 Å². The first kappa shape index (κ1) is 16.8. The van der Waals surface area contributed by atoms with Gasteiger partial charge < -0.3 is 5.73 Å². The second kappa shape index (κ2) is 7.11. The SMILES string of the molecule is CS(=O)(=O)C1CCCC(C(N)CSc2cccc(F)c2)C1. The lowest BCUT2D eigenvalue weighted by Gasteiger charge is -2.31. The highest BCUT2D eigenvalue weighted by Crippen LogP contribution is 2.32. The van der Waals surface area contributed by atoms with E-state index in [0.29, 0.717) is 12.2 Å². The van der Waals surface area contributed by atoms with E-state index in [2.05, 4.69) is 0 Å². The highest BCUT2D eigenvalue weighted by atomic mass is 32.2. The Bertz CT molecular complexity index is 577. The molecular weight excluding hydrogens is 309 g/mol. The van der Waals surface area contributed by atoms with Gasteiger partial charge in [-0.05, 0) is 43.4 Å². The van der Waals surface area contributed by atoms with Crippen LogP contribution in [-0.2, 0) is 9.84 Å². The summed E-state index contributed by atoms with van der Waals surface area (Å²) in [6.07, 6.45) is 4.62. The monoisotopic (exact) mass is 331 g/mol. The van der Waals surface area contributed by atoms with Crippen molar-refractivity contribution in [2.75, 3.05) is 12.0 Å². The van der Waals surface area contributed by atoms with Gasteiger partial charge in [0.05, 0.1) is 5.25 Å². The van der Waals surface area contributed by atoms with Crippen molar-refractivity contribution in [2.24, 2.45) is 11.7 Å². The lowest BCUT2D eigenvalue weighted by Crippen LogP contribution is -2.39. The summed E-state index contributed by atoms with van der Waals surface area (Å²) < 4.78 is 36.5. The average molecular weight is 331 g/mol. The van der Waals surface area contributed by atoms with Crippen LogP contribution in [0.4, 0.5) is 4.39 Å². The molecule has 0 radical (unpaired) electrons. The first-order valence-corrected chi connectivity index (χ1v) is 10.1. The minimum atomic E-state index is -2.98. The van der Waals surface area contributed by atoms with Gasteiger partial charge in [-0.2, -0.15) is 0 Å². The summed E-state index contributed by atoms with van der Waals surface area (Å²) in [5, 5.41) is -0.249. The standard InChI is InChI=1S/C15H22FNO2S2/c1-21(18,19)14-7-2-4-11(8-14)15(17)10-20-13-6-3-5-12(16)9-13/h3,5-6,9,11,14-15H,2,4,7-8,10,17H2,1H3. The van der Waals surface area contributed by atoms with E-state index in [4.69, 9.17) is 5.73 Å². The normalized spacial score (nSPS) is 24.7. The Morgan fingerprint density at radius 2 is 2.19 bits per heavy atom. The van der Waals surface area contributed by atoms with Gasteiger partial charge in [0.15, 0.2) is 0 Å². The Balaban J connectivity index is 1.89. The summed E-state index contributed by atoms with van der Waals surface area (Å²) in [6, 6.07) is 6.41. The van der Waals surface area contributed by atoms with Gasteiger partial charge in [0.1, 0.15) is 15.7 Å². The van der Waals surface area contributed by atoms with Crippen LogP contribution in [0.5, 0.6) is 0 Å². The Kier molecular flexibility index (Phi) is 5.68. The van der Waals surface area contributed by atoms with E-state index >= 15 is 0 Å². The molecule has 0 bridgehead atoms. The minimum absolute atomic E-state index is 0.0529. The van der Waals surface area contributed by atoms with Crippen molar-refractivity contribution < 1.29 is 12.8 Å². The molecule has 1 aromatic rings. The molecule has 1 saturated carbocycles. The summed E-state index contributed by atoms with van der Waals surface area (Å²) in [5.74, 6) is 0.674. The molecule has 118 valence electrons. The van der Waals surface area contributed by atoms with Gasteiger partial charge in [-0.15, -0.1) is 11.8 Å². The molecule has 2 N–H and O–H groups in total. The molecule has 0 amide bonds. The van der Waals surface area contributed by atoms with E-state index in [1.807, 2.05) is 6.07 Å². The number of sulfone groups is 1. The zero-order valence-electron chi connectivity index (χ0n) is 12.2. The Labute approximate surface area is 130 Å². The fourth-order valence-corrected chi connectivity index (χ4v) is 5.06. The van der Waals surface area contributed by atoms with Gasteiger partial charge >= 0.3 is 0 Å². The van der Waals surface area contributed by atoms with E-state index in [1.165, 1.54) is 30.2 Å². The summed E-state index contributed by atoms with van der Waals surface area (Å²) in [5.41, 5.74) is 6.23. The van der Waals surface area contributed by atoms with Crippen LogP contribution >= 0.6 is 11.8 Å². The maximum atomic E-state index is 13.1. The third kappa shape index (κ3) is 4.97. The molecule has 3 atom stereocenters. The molecule has 0 aromatic heterocycles. The molecule has 21 heavy (non-hydrogen) atoms. The molecule has 0 aliphatic heterocycles. The number of benzene rings is 1. The third-order valence-electron chi connectivity index (χ3n) is 4.12. The fourth-order valence-electron chi connectivity index (χ4n) is 2.84. The molecule has 1 fully saturated rings. The molecule has 1 aromatic carbocycles. The summed E-state index contributed by atoms with van der Waals surface area (Å²) >= 11 is 1.53. The molecule has 3 unspecified atom stereocenters. The lowest BCUT2D eigenvalue weighted by molar-refractivity contribution is 0.319. The van der Waals surface area contributed by atoms with E-state index in [9.17, 15) is 12.8 Å². The van der Waals surface area contributed by atoms with Crippen molar-refractivity contribution in [3.8, 4) is 0 Å². The van der Waals surface area contributed by atoms with Gasteiger partial charge in [0.2, 0.25) is 0 Å². The Morgan fingerprint density at radius 3 is 2.86 bits per heavy atom. The van der Waals surface area contributed by atoms with Crippen LogP contribution in [0.25, 0.3) is 0 Å². The van der Waals surface area contributed by atoms with E-state index in [1.54, 1.807) is 6.07 Å². The second-order valence-corrected chi connectivity index (χ2v) is 9.23. The smallest absolute Gasteiger partial charge is 0.150 e. The zero-order chi connectivity index (χ0) is 15.5. The van der Waals surface area contributed by atoms with Crippen molar-refractivity contribution in [3.63, 3.8) is 0 Å². The summed E-state index contributed by atoms with van der Waals surface area (Å²) in [4.78, 5) is 0.862. The maximum absolute atomic E-state index is 13.1. The molecule has 2 rings (SSSR count). The third-order valence-corrected chi connectivity index (χ3v) is 6.89. The van der Waals surface area contributed by atoms with Crippen LogP contribution in [0.15, 0.2) is 29.2 Å². The highest BCUT2D eigenvalue weighted by Gasteiger charge is 2.31. The van der Waals surface area contributed by atoms with Crippen molar-refractivity contribution in [2.45, 2.75) is 41.9 Å². The quantitative estimate of drug-likeness (QED) is 0.843. The zero-order valence-corrected chi connectivity index (χ0v) is 13.8. The molecule has 0 saturated heterocycles. The van der Waals surface area contributed by atoms with Crippen LogP contribution in [-0.4, -0.2) is 31.7 Å². The van der Waals surface area contributed by atoms with Gasteiger partial charge in [0, 0.05) is 22.9 Å². The number of halogens is 1. The Morgan fingerprint density at radius 1 is 1.43 bits per heavy atom. The molecule has 3 nitrogen and oxygen atoms in total. The number of hydrogen-bond acceptors (Lipinski definition) is 4. The number of nitrogens with two attached hydrogens (primary N) is 1. The molecule has 1 aliphatic rings. The van der Waals surface area contributed by atoms with Gasteiger partial charge in [0.25, 0.3) is 0 Å². The molecule has 0 heterocycles. The maximum Gasteiger partial charge on any atom is 0.150 e. The summed E-state index contributed by atoms with van der Waals surface area (Å²) in [7, 11) is -2.98. The lowest BCUT2D eigenvalue weighted by atomic mass is 9.84. The van der Waals surface area contributed by atoms with E-state index in [0.717, 1.165) is 24.2 Å². The van der Waals surface area contributed by atoms with Crippen molar-refractivity contribution in [3.05, 3.63) is 30.1 Å². The van der Waals surface area contributed by atoms with Crippen molar-refractivity contribution in [1.29, 1.82) is 0 Å². The summed E-state index contributed by atoms with van der Waals surface area (Å²) in [6.45, 7) is 0.